The Morgan fingerprint density at radius 1 is 1.04 bits per heavy atom. The van der Waals surface area contributed by atoms with Gasteiger partial charge in [0.1, 0.15) is 5.56 Å². The Morgan fingerprint density at radius 2 is 1.76 bits per heavy atom. The number of urea groups is 1. The number of carbonyl (C=O) groups is 3. The number of carbonyl (C=O) groups excluding carboxylic acids is 3. The van der Waals surface area contributed by atoms with Crippen LogP contribution in [0.5, 0.6) is 0 Å². The summed E-state index contributed by atoms with van der Waals surface area (Å²) < 4.78 is 9.52. The first-order valence-corrected chi connectivity index (χ1v) is 7.42. The van der Waals surface area contributed by atoms with Crippen LogP contribution in [-0.2, 0) is 9.47 Å². The standard InChI is InChI=1S/C17H17N3O5/c1-3-25-15(21)11-4-6-12(7-5-11)19-17(23)20-14-8-9-18-10-13(14)16(22)24-2/h4-10H,3H2,1-2H3,(H2,18,19,20,23). The van der Waals surface area contributed by atoms with Crippen LogP contribution in [-0.4, -0.2) is 36.7 Å². The number of ether oxygens (including phenoxy) is 2. The molecule has 2 aromatic rings. The van der Waals surface area contributed by atoms with Crippen molar-refractivity contribution < 1.29 is 23.9 Å². The molecule has 1 heterocycles. The lowest BCUT2D eigenvalue weighted by atomic mass is 10.2. The fourth-order valence-electron chi connectivity index (χ4n) is 1.96. The summed E-state index contributed by atoms with van der Waals surface area (Å²) in [6.07, 6.45) is 2.74. The molecule has 1 aromatic carbocycles. The molecule has 0 fully saturated rings. The van der Waals surface area contributed by atoms with Crippen molar-refractivity contribution in [1.29, 1.82) is 0 Å². The monoisotopic (exact) mass is 343 g/mol. The smallest absolute Gasteiger partial charge is 0.341 e. The van der Waals surface area contributed by atoms with Crippen molar-refractivity contribution in [3.63, 3.8) is 0 Å². The van der Waals surface area contributed by atoms with Crippen LogP contribution in [0.4, 0.5) is 16.2 Å². The maximum Gasteiger partial charge on any atom is 0.341 e. The van der Waals surface area contributed by atoms with E-state index in [0.717, 1.165) is 0 Å². The number of hydrogen-bond donors (Lipinski definition) is 2. The molecule has 25 heavy (non-hydrogen) atoms. The summed E-state index contributed by atoms with van der Waals surface area (Å²) in [6.45, 7) is 2.01. The van der Waals surface area contributed by atoms with Gasteiger partial charge in [-0.05, 0) is 37.3 Å². The van der Waals surface area contributed by atoms with Gasteiger partial charge in [-0.2, -0.15) is 0 Å². The minimum atomic E-state index is -0.609. The molecule has 0 radical (unpaired) electrons. The summed E-state index contributed by atoms with van der Waals surface area (Å²) in [6, 6.07) is 7.15. The first kappa shape index (κ1) is 17.9. The van der Waals surface area contributed by atoms with E-state index in [1.807, 2.05) is 0 Å². The van der Waals surface area contributed by atoms with Crippen molar-refractivity contribution in [3.8, 4) is 0 Å². The number of methoxy groups -OCH3 is 1. The molecule has 0 unspecified atom stereocenters. The minimum Gasteiger partial charge on any atom is -0.465 e. The van der Waals surface area contributed by atoms with E-state index in [2.05, 4.69) is 20.4 Å². The molecule has 0 aliphatic carbocycles. The first-order chi connectivity index (χ1) is 12.0. The van der Waals surface area contributed by atoms with Crippen molar-refractivity contribution in [3.05, 3.63) is 53.9 Å². The Bertz CT molecular complexity index is 774. The van der Waals surface area contributed by atoms with Crippen molar-refractivity contribution in [2.75, 3.05) is 24.4 Å². The molecule has 8 nitrogen and oxygen atoms in total. The molecule has 0 saturated carbocycles. The molecule has 2 amide bonds. The van der Waals surface area contributed by atoms with E-state index in [-0.39, 0.29) is 17.9 Å². The summed E-state index contributed by atoms with van der Waals surface area (Å²) in [5.74, 6) is -1.04. The summed E-state index contributed by atoms with van der Waals surface area (Å²) >= 11 is 0. The lowest BCUT2D eigenvalue weighted by Gasteiger charge is -2.10. The highest BCUT2D eigenvalue weighted by Crippen LogP contribution is 2.16. The first-order valence-electron chi connectivity index (χ1n) is 7.42. The number of esters is 2. The third kappa shape index (κ3) is 4.77. The lowest BCUT2D eigenvalue weighted by molar-refractivity contribution is 0.0525. The van der Waals surface area contributed by atoms with Crippen LogP contribution in [0.25, 0.3) is 0 Å². The van der Waals surface area contributed by atoms with Crippen molar-refractivity contribution in [2.45, 2.75) is 6.92 Å². The van der Waals surface area contributed by atoms with E-state index in [9.17, 15) is 14.4 Å². The van der Waals surface area contributed by atoms with Crippen LogP contribution in [0.2, 0.25) is 0 Å². The highest BCUT2D eigenvalue weighted by molar-refractivity contribution is 6.05. The van der Waals surface area contributed by atoms with Crippen LogP contribution in [0.3, 0.4) is 0 Å². The molecule has 0 aliphatic rings. The largest absolute Gasteiger partial charge is 0.465 e. The molecule has 130 valence electrons. The maximum absolute atomic E-state index is 12.1. The summed E-state index contributed by atoms with van der Waals surface area (Å²) in [5, 5.41) is 5.15. The van der Waals surface area contributed by atoms with Crippen molar-refractivity contribution >= 4 is 29.3 Å². The third-order valence-corrected chi connectivity index (χ3v) is 3.13. The summed E-state index contributed by atoms with van der Waals surface area (Å²) in [5.41, 5.74) is 1.26. The van der Waals surface area contributed by atoms with Gasteiger partial charge in [-0.15, -0.1) is 0 Å². The van der Waals surface area contributed by atoms with Crippen molar-refractivity contribution in [1.82, 2.24) is 4.98 Å². The van der Waals surface area contributed by atoms with Crippen molar-refractivity contribution in [2.24, 2.45) is 0 Å². The molecular formula is C17H17N3O5. The number of pyridine rings is 1. The van der Waals surface area contributed by atoms with E-state index >= 15 is 0 Å². The molecule has 0 bridgehead atoms. The molecular weight excluding hydrogens is 326 g/mol. The number of nitrogens with zero attached hydrogens (tertiary/aromatic N) is 1. The van der Waals surface area contributed by atoms with Crippen LogP contribution in [0, 0.1) is 0 Å². The molecule has 8 heteroatoms. The number of anilines is 2. The number of benzene rings is 1. The zero-order valence-corrected chi connectivity index (χ0v) is 13.7. The molecule has 0 spiro atoms. The Labute approximate surface area is 144 Å². The maximum atomic E-state index is 12.1. The molecule has 0 aliphatic heterocycles. The van der Waals surface area contributed by atoms with E-state index in [1.165, 1.54) is 25.6 Å². The molecule has 1 aromatic heterocycles. The van der Waals surface area contributed by atoms with Crippen LogP contribution in [0.1, 0.15) is 27.6 Å². The zero-order valence-electron chi connectivity index (χ0n) is 13.7. The van der Waals surface area contributed by atoms with Gasteiger partial charge in [0, 0.05) is 18.1 Å². The van der Waals surface area contributed by atoms with Gasteiger partial charge in [-0.1, -0.05) is 0 Å². The van der Waals surface area contributed by atoms with Crippen LogP contribution < -0.4 is 10.6 Å². The van der Waals surface area contributed by atoms with Crippen LogP contribution >= 0.6 is 0 Å². The minimum absolute atomic E-state index is 0.137. The fourth-order valence-corrected chi connectivity index (χ4v) is 1.96. The second-order valence-corrected chi connectivity index (χ2v) is 4.79. The molecule has 0 atom stereocenters. The number of hydrogen-bond acceptors (Lipinski definition) is 6. The highest BCUT2D eigenvalue weighted by Gasteiger charge is 2.14. The SMILES string of the molecule is CCOC(=O)c1ccc(NC(=O)Nc2ccncc2C(=O)OC)cc1. The highest BCUT2D eigenvalue weighted by atomic mass is 16.5. The molecule has 2 rings (SSSR count). The molecule has 2 N–H and O–H groups in total. The zero-order chi connectivity index (χ0) is 18.2. The normalized spacial score (nSPS) is 9.84. The molecule has 0 saturated heterocycles. The Kier molecular flexibility index (Phi) is 6.05. The number of aromatic nitrogens is 1. The predicted octanol–water partition coefficient (Wildman–Crippen LogP) is 2.69. The van der Waals surface area contributed by atoms with Gasteiger partial charge < -0.3 is 20.1 Å². The van der Waals surface area contributed by atoms with E-state index in [1.54, 1.807) is 31.2 Å². The van der Waals surface area contributed by atoms with E-state index < -0.39 is 18.0 Å². The number of nitrogens with one attached hydrogen (secondary N) is 2. The predicted molar refractivity (Wildman–Crippen MR) is 90.6 cm³/mol. The van der Waals surface area contributed by atoms with Crippen LogP contribution in [0.15, 0.2) is 42.7 Å². The number of amides is 2. The number of rotatable bonds is 5. The van der Waals surface area contributed by atoms with E-state index in [0.29, 0.717) is 11.3 Å². The lowest BCUT2D eigenvalue weighted by Crippen LogP contribution is -2.21. The average molecular weight is 343 g/mol. The summed E-state index contributed by atoms with van der Waals surface area (Å²) in [4.78, 5) is 39.1. The Morgan fingerprint density at radius 3 is 2.40 bits per heavy atom. The van der Waals surface area contributed by atoms with Gasteiger partial charge in [0.05, 0.1) is 25.0 Å². The fraction of sp³-hybridized carbons (Fsp3) is 0.176. The van der Waals surface area contributed by atoms with Gasteiger partial charge in [-0.3, -0.25) is 4.98 Å². The Hall–Kier alpha value is -3.42. The summed E-state index contributed by atoms with van der Waals surface area (Å²) in [7, 11) is 1.24. The Balaban J connectivity index is 2.04. The van der Waals surface area contributed by atoms with Gasteiger partial charge in [-0.25, -0.2) is 14.4 Å². The quantitative estimate of drug-likeness (QED) is 0.808. The van der Waals surface area contributed by atoms with Gasteiger partial charge in [0.25, 0.3) is 0 Å². The van der Waals surface area contributed by atoms with E-state index in [4.69, 9.17) is 4.74 Å². The van der Waals surface area contributed by atoms with Gasteiger partial charge >= 0.3 is 18.0 Å². The second-order valence-electron chi connectivity index (χ2n) is 4.79. The topological polar surface area (TPSA) is 107 Å². The van der Waals surface area contributed by atoms with Gasteiger partial charge in [0.2, 0.25) is 0 Å². The average Bonchev–Trinajstić information content (AvgIpc) is 2.62. The third-order valence-electron chi connectivity index (χ3n) is 3.13. The second kappa shape index (κ2) is 8.44. The van der Waals surface area contributed by atoms with Gasteiger partial charge in [0.15, 0.2) is 0 Å².